The number of carbonyl (C=O) groups is 1. The van der Waals surface area contributed by atoms with Crippen LogP contribution in [0.25, 0.3) is 0 Å². The van der Waals surface area contributed by atoms with E-state index in [2.05, 4.69) is 5.32 Å². The number of halogens is 1. The van der Waals surface area contributed by atoms with Crippen LogP contribution >= 0.6 is 11.8 Å². The Hall–Kier alpha value is -1.07. The monoisotopic (exact) mass is 285 g/mol. The van der Waals surface area contributed by atoms with E-state index < -0.39 is 5.60 Å². The second-order valence-corrected chi connectivity index (χ2v) is 5.66. The fourth-order valence-electron chi connectivity index (χ4n) is 1.69. The molecule has 0 aliphatic heterocycles. The molecule has 19 heavy (non-hydrogen) atoms. The number of hydrogen-bond donors (Lipinski definition) is 2. The molecule has 0 fully saturated rings. The summed E-state index contributed by atoms with van der Waals surface area (Å²) in [5, 5.41) is 12.6. The molecule has 106 valence electrons. The summed E-state index contributed by atoms with van der Waals surface area (Å²) in [7, 11) is 0. The molecule has 1 atom stereocenters. The summed E-state index contributed by atoms with van der Waals surface area (Å²) in [4.78, 5) is 11.6. The Morgan fingerprint density at radius 3 is 2.79 bits per heavy atom. The van der Waals surface area contributed by atoms with Gasteiger partial charge in [-0.05, 0) is 31.2 Å². The third-order valence-electron chi connectivity index (χ3n) is 2.70. The topological polar surface area (TPSA) is 49.3 Å². The lowest BCUT2D eigenvalue weighted by Crippen LogP contribution is -2.42. The largest absolute Gasteiger partial charge is 0.387 e. The molecule has 1 rings (SSSR count). The van der Waals surface area contributed by atoms with Gasteiger partial charge in [0.2, 0.25) is 5.91 Å². The summed E-state index contributed by atoms with van der Waals surface area (Å²) in [5.74, 6) is 0.0925. The molecule has 0 aliphatic rings. The molecule has 1 amide bonds. The van der Waals surface area contributed by atoms with Crippen molar-refractivity contribution in [2.75, 3.05) is 18.6 Å². The quantitative estimate of drug-likeness (QED) is 0.805. The maximum absolute atomic E-state index is 13.3. The van der Waals surface area contributed by atoms with E-state index in [9.17, 15) is 14.3 Å². The normalized spacial score (nSPS) is 13.9. The Balaban J connectivity index is 2.35. The molecule has 0 bridgehead atoms. The van der Waals surface area contributed by atoms with Gasteiger partial charge in [-0.2, -0.15) is 11.8 Å². The maximum atomic E-state index is 13.3. The van der Waals surface area contributed by atoms with Gasteiger partial charge in [0.1, 0.15) is 5.82 Å². The van der Waals surface area contributed by atoms with Gasteiger partial charge in [0.25, 0.3) is 0 Å². The highest BCUT2D eigenvalue weighted by Crippen LogP contribution is 2.10. The molecule has 3 nitrogen and oxygen atoms in total. The first-order chi connectivity index (χ1) is 8.94. The van der Waals surface area contributed by atoms with E-state index >= 15 is 0 Å². The standard InChI is InChI=1S/C14H20FNO2S/c1-14(18,10-19-2)9-16-13(17)8-7-11-5-3-4-6-12(11)15/h3-6,18H,7-10H2,1-2H3,(H,16,17). The van der Waals surface area contributed by atoms with Crippen LogP contribution in [-0.4, -0.2) is 35.2 Å². The molecule has 1 unspecified atom stereocenters. The highest BCUT2D eigenvalue weighted by Gasteiger charge is 2.20. The van der Waals surface area contributed by atoms with E-state index in [1.54, 1.807) is 25.1 Å². The summed E-state index contributed by atoms with van der Waals surface area (Å²) in [6.45, 7) is 1.89. The van der Waals surface area contributed by atoms with Gasteiger partial charge in [0.15, 0.2) is 0 Å². The first kappa shape index (κ1) is 16.0. The van der Waals surface area contributed by atoms with Crippen molar-refractivity contribution in [2.24, 2.45) is 0 Å². The molecule has 5 heteroatoms. The van der Waals surface area contributed by atoms with E-state index in [0.717, 1.165) is 0 Å². The van der Waals surface area contributed by atoms with E-state index in [1.165, 1.54) is 17.8 Å². The molecule has 0 saturated heterocycles. The van der Waals surface area contributed by atoms with Gasteiger partial charge in [-0.25, -0.2) is 4.39 Å². The molecule has 0 aromatic heterocycles. The molecule has 1 aromatic carbocycles. The molecule has 2 N–H and O–H groups in total. The van der Waals surface area contributed by atoms with Crippen LogP contribution in [0.5, 0.6) is 0 Å². The average molecular weight is 285 g/mol. The fourth-order valence-corrected chi connectivity index (χ4v) is 2.41. The Labute approximate surface area is 117 Å². The fraction of sp³-hybridized carbons (Fsp3) is 0.500. The molecular weight excluding hydrogens is 265 g/mol. The highest BCUT2D eigenvalue weighted by atomic mass is 32.2. The predicted molar refractivity (Wildman–Crippen MR) is 76.7 cm³/mol. The molecule has 0 saturated carbocycles. The Morgan fingerprint density at radius 2 is 2.16 bits per heavy atom. The first-order valence-corrected chi connectivity index (χ1v) is 7.55. The maximum Gasteiger partial charge on any atom is 0.220 e. The molecule has 0 aliphatic carbocycles. The third-order valence-corrected chi connectivity index (χ3v) is 3.61. The molecule has 0 radical (unpaired) electrons. The number of rotatable bonds is 7. The van der Waals surface area contributed by atoms with Crippen LogP contribution < -0.4 is 5.32 Å². The Morgan fingerprint density at radius 1 is 1.47 bits per heavy atom. The summed E-state index contributed by atoms with van der Waals surface area (Å²) < 4.78 is 13.3. The number of hydrogen-bond acceptors (Lipinski definition) is 3. The van der Waals surface area contributed by atoms with Gasteiger partial charge < -0.3 is 10.4 Å². The van der Waals surface area contributed by atoms with Crippen molar-refractivity contribution >= 4 is 17.7 Å². The number of aliphatic hydroxyl groups is 1. The second kappa shape index (κ2) is 7.50. The van der Waals surface area contributed by atoms with Crippen LogP contribution in [0, 0.1) is 5.82 Å². The lowest BCUT2D eigenvalue weighted by atomic mass is 10.1. The zero-order chi connectivity index (χ0) is 14.3. The molecule has 0 heterocycles. The van der Waals surface area contributed by atoms with Crippen LogP contribution in [0.15, 0.2) is 24.3 Å². The lowest BCUT2D eigenvalue weighted by molar-refractivity contribution is -0.122. The number of aryl methyl sites for hydroxylation is 1. The van der Waals surface area contributed by atoms with Gasteiger partial charge in [0, 0.05) is 18.7 Å². The second-order valence-electron chi connectivity index (χ2n) is 4.80. The average Bonchev–Trinajstić information content (AvgIpc) is 2.35. The van der Waals surface area contributed by atoms with Crippen LogP contribution in [0.1, 0.15) is 18.9 Å². The van der Waals surface area contributed by atoms with Crippen molar-refractivity contribution < 1.29 is 14.3 Å². The van der Waals surface area contributed by atoms with Crippen molar-refractivity contribution in [3.63, 3.8) is 0 Å². The smallest absolute Gasteiger partial charge is 0.220 e. The molecule has 0 spiro atoms. The van der Waals surface area contributed by atoms with Crippen LogP contribution in [0.3, 0.4) is 0 Å². The summed E-state index contributed by atoms with van der Waals surface area (Å²) in [6, 6.07) is 6.43. The Kier molecular flexibility index (Phi) is 6.31. The van der Waals surface area contributed by atoms with Crippen LogP contribution in [0.4, 0.5) is 4.39 Å². The summed E-state index contributed by atoms with van der Waals surface area (Å²) >= 11 is 1.52. The van der Waals surface area contributed by atoms with Gasteiger partial charge in [0.05, 0.1) is 5.60 Å². The minimum atomic E-state index is -0.910. The number of thioether (sulfide) groups is 1. The van der Waals surface area contributed by atoms with E-state index in [1.807, 2.05) is 6.26 Å². The lowest BCUT2D eigenvalue weighted by Gasteiger charge is -2.22. The van der Waals surface area contributed by atoms with Crippen molar-refractivity contribution in [1.29, 1.82) is 0 Å². The zero-order valence-electron chi connectivity index (χ0n) is 11.3. The summed E-state index contributed by atoms with van der Waals surface area (Å²) in [5.41, 5.74) is -0.374. The van der Waals surface area contributed by atoms with Crippen LogP contribution in [0.2, 0.25) is 0 Å². The van der Waals surface area contributed by atoms with Gasteiger partial charge in [-0.15, -0.1) is 0 Å². The van der Waals surface area contributed by atoms with E-state index in [-0.39, 0.29) is 24.7 Å². The van der Waals surface area contributed by atoms with Crippen molar-refractivity contribution in [2.45, 2.75) is 25.4 Å². The van der Waals surface area contributed by atoms with Gasteiger partial charge in [-0.3, -0.25) is 4.79 Å². The van der Waals surface area contributed by atoms with Crippen molar-refractivity contribution in [1.82, 2.24) is 5.32 Å². The van der Waals surface area contributed by atoms with Gasteiger partial charge in [-0.1, -0.05) is 18.2 Å². The molecule has 1 aromatic rings. The number of nitrogens with one attached hydrogen (secondary N) is 1. The van der Waals surface area contributed by atoms with Crippen molar-refractivity contribution in [3.8, 4) is 0 Å². The minimum absolute atomic E-state index is 0.176. The Bertz CT molecular complexity index is 424. The predicted octanol–water partition coefficient (Wildman–Crippen LogP) is 1.99. The molecular formula is C14H20FNO2S. The van der Waals surface area contributed by atoms with Gasteiger partial charge >= 0.3 is 0 Å². The van der Waals surface area contributed by atoms with E-state index in [0.29, 0.717) is 17.7 Å². The first-order valence-electron chi connectivity index (χ1n) is 6.16. The third kappa shape index (κ3) is 6.07. The minimum Gasteiger partial charge on any atom is -0.387 e. The zero-order valence-corrected chi connectivity index (χ0v) is 12.1. The van der Waals surface area contributed by atoms with E-state index in [4.69, 9.17) is 0 Å². The van der Waals surface area contributed by atoms with Crippen molar-refractivity contribution in [3.05, 3.63) is 35.6 Å². The summed E-state index contributed by atoms with van der Waals surface area (Å²) in [6.07, 6.45) is 2.48. The van der Waals surface area contributed by atoms with Crippen LogP contribution in [-0.2, 0) is 11.2 Å². The SMILES string of the molecule is CSCC(C)(O)CNC(=O)CCc1ccccc1F. The number of benzene rings is 1. The number of amides is 1. The highest BCUT2D eigenvalue weighted by molar-refractivity contribution is 7.98. The number of carbonyl (C=O) groups excluding carboxylic acids is 1.